The summed E-state index contributed by atoms with van der Waals surface area (Å²) in [5, 5.41) is 0. The van der Waals surface area contributed by atoms with Crippen molar-refractivity contribution in [3.05, 3.63) is 0 Å². The number of hydrogen-bond acceptors (Lipinski definition) is 2. The van der Waals surface area contributed by atoms with E-state index in [-0.39, 0.29) is 24.7 Å². The van der Waals surface area contributed by atoms with Crippen LogP contribution in [-0.2, 0) is 9.59 Å². The van der Waals surface area contributed by atoms with Crippen molar-refractivity contribution >= 4 is 11.6 Å². The van der Waals surface area contributed by atoms with Gasteiger partial charge in [0.05, 0.1) is 0 Å². The minimum atomic E-state index is -3.68. The second-order valence-corrected chi connectivity index (χ2v) is 2.27. The Hall–Kier alpha value is -0.840. The van der Waals surface area contributed by atoms with Crippen LogP contribution in [-0.4, -0.2) is 23.0 Å². The molecule has 1 fully saturated rings. The van der Waals surface area contributed by atoms with Gasteiger partial charge in [0.15, 0.2) is 0 Å². The van der Waals surface area contributed by atoms with Crippen molar-refractivity contribution < 1.29 is 23.8 Å². The summed E-state index contributed by atoms with van der Waals surface area (Å²) in [5.74, 6) is -6.15. The summed E-state index contributed by atoms with van der Waals surface area (Å²) in [6.07, 6.45) is -0.0647. The fourth-order valence-electron chi connectivity index (χ4n) is 0.879. The van der Waals surface area contributed by atoms with Crippen molar-refractivity contribution in [3.63, 3.8) is 0 Å². The molecule has 0 saturated heterocycles. The van der Waals surface area contributed by atoms with Gasteiger partial charge in [0, 0.05) is 12.8 Å². The maximum atomic E-state index is 12.3. The molecule has 1 aliphatic carbocycles. The van der Waals surface area contributed by atoms with E-state index in [1.54, 1.807) is 0 Å². The van der Waals surface area contributed by atoms with Crippen molar-refractivity contribution in [2.75, 3.05) is 0 Å². The molecular formula is C6H8F2O3. The van der Waals surface area contributed by atoms with Crippen molar-refractivity contribution in [2.45, 2.75) is 25.2 Å². The number of carbonyl (C=O) groups excluding carboxylic acids is 2. The van der Waals surface area contributed by atoms with Gasteiger partial charge in [-0.2, -0.15) is 8.78 Å². The highest BCUT2D eigenvalue weighted by atomic mass is 19.3. The average Bonchev–Trinajstić information content (AvgIpc) is 1.84. The van der Waals surface area contributed by atoms with Crippen LogP contribution in [0, 0.1) is 0 Å². The molecule has 0 aromatic rings. The summed E-state index contributed by atoms with van der Waals surface area (Å²) in [5.41, 5.74) is 0. The molecule has 0 atom stereocenters. The summed E-state index contributed by atoms with van der Waals surface area (Å²) in [7, 11) is 0. The third-order valence-electron chi connectivity index (χ3n) is 1.51. The maximum Gasteiger partial charge on any atom is 0.362 e. The van der Waals surface area contributed by atoms with Gasteiger partial charge in [0.2, 0.25) is 11.6 Å². The molecule has 0 aliphatic heterocycles. The van der Waals surface area contributed by atoms with E-state index < -0.39 is 17.5 Å². The first-order valence-electron chi connectivity index (χ1n) is 2.99. The number of halogens is 2. The molecule has 0 aromatic heterocycles. The Kier molecular flexibility index (Phi) is 2.81. The minimum Gasteiger partial charge on any atom is -0.412 e. The van der Waals surface area contributed by atoms with Crippen LogP contribution in [0.15, 0.2) is 0 Å². The highest BCUT2D eigenvalue weighted by Crippen LogP contribution is 2.26. The molecule has 1 saturated carbocycles. The third-order valence-corrected chi connectivity index (χ3v) is 1.51. The second kappa shape index (κ2) is 3.04. The zero-order valence-electron chi connectivity index (χ0n) is 5.69. The molecule has 2 N–H and O–H groups in total. The number of Topliss-reactive ketones (excluding diaryl/α,β-unsaturated/α-hetero) is 2. The van der Waals surface area contributed by atoms with Gasteiger partial charge >= 0.3 is 5.92 Å². The van der Waals surface area contributed by atoms with E-state index in [1.165, 1.54) is 0 Å². The number of hydrogen-bond donors (Lipinski definition) is 0. The van der Waals surface area contributed by atoms with Crippen LogP contribution >= 0.6 is 0 Å². The van der Waals surface area contributed by atoms with Gasteiger partial charge in [0.25, 0.3) is 0 Å². The lowest BCUT2D eigenvalue weighted by Crippen LogP contribution is -2.40. The molecule has 0 aromatic carbocycles. The monoisotopic (exact) mass is 166 g/mol. The quantitative estimate of drug-likeness (QED) is 0.479. The Labute approximate surface area is 61.7 Å². The zero-order valence-corrected chi connectivity index (χ0v) is 5.69. The first kappa shape index (κ1) is 10.2. The van der Waals surface area contributed by atoms with E-state index in [1.807, 2.05) is 0 Å². The van der Waals surface area contributed by atoms with Gasteiger partial charge in [0.1, 0.15) is 0 Å². The first-order chi connectivity index (χ1) is 4.55. The van der Waals surface area contributed by atoms with Gasteiger partial charge in [-0.1, -0.05) is 0 Å². The Morgan fingerprint density at radius 1 is 1.09 bits per heavy atom. The largest absolute Gasteiger partial charge is 0.412 e. The summed E-state index contributed by atoms with van der Waals surface area (Å²) >= 11 is 0. The van der Waals surface area contributed by atoms with Gasteiger partial charge in [-0.25, -0.2) is 0 Å². The number of alkyl halides is 2. The molecule has 1 rings (SSSR count). The topological polar surface area (TPSA) is 65.6 Å². The van der Waals surface area contributed by atoms with Crippen LogP contribution in [0.3, 0.4) is 0 Å². The SMILES string of the molecule is O.O=C1CCCC(=O)C1(F)F. The smallest absolute Gasteiger partial charge is 0.362 e. The van der Waals surface area contributed by atoms with Gasteiger partial charge in [-0.05, 0) is 6.42 Å². The van der Waals surface area contributed by atoms with E-state index in [9.17, 15) is 18.4 Å². The zero-order chi connectivity index (χ0) is 7.78. The van der Waals surface area contributed by atoms with Crippen molar-refractivity contribution in [1.82, 2.24) is 0 Å². The number of carbonyl (C=O) groups is 2. The van der Waals surface area contributed by atoms with Crippen molar-refractivity contribution in [1.29, 1.82) is 0 Å². The maximum absolute atomic E-state index is 12.3. The molecule has 64 valence electrons. The van der Waals surface area contributed by atoms with Gasteiger partial charge < -0.3 is 5.48 Å². The number of rotatable bonds is 0. The first-order valence-corrected chi connectivity index (χ1v) is 2.99. The van der Waals surface area contributed by atoms with Crippen LogP contribution in [0.1, 0.15) is 19.3 Å². The van der Waals surface area contributed by atoms with Crippen LogP contribution in [0.4, 0.5) is 8.78 Å². The van der Waals surface area contributed by atoms with Crippen LogP contribution in [0.2, 0.25) is 0 Å². The molecule has 0 radical (unpaired) electrons. The van der Waals surface area contributed by atoms with Crippen molar-refractivity contribution in [2.24, 2.45) is 0 Å². The minimum absolute atomic E-state index is 0. The van der Waals surface area contributed by atoms with E-state index in [4.69, 9.17) is 0 Å². The van der Waals surface area contributed by atoms with Crippen LogP contribution < -0.4 is 0 Å². The highest BCUT2D eigenvalue weighted by molar-refractivity contribution is 6.10. The van der Waals surface area contributed by atoms with E-state index in [2.05, 4.69) is 0 Å². The Morgan fingerprint density at radius 2 is 1.45 bits per heavy atom. The molecule has 0 bridgehead atoms. The van der Waals surface area contributed by atoms with Gasteiger partial charge in [-0.3, -0.25) is 9.59 Å². The summed E-state index contributed by atoms with van der Waals surface area (Å²) in [6, 6.07) is 0. The highest BCUT2D eigenvalue weighted by Gasteiger charge is 2.47. The van der Waals surface area contributed by atoms with E-state index in [0.717, 1.165) is 0 Å². The molecule has 0 unspecified atom stereocenters. The molecule has 5 heteroatoms. The Morgan fingerprint density at radius 3 is 1.73 bits per heavy atom. The molecule has 0 amide bonds. The summed E-state index contributed by atoms with van der Waals surface area (Å²) in [6.45, 7) is 0. The lowest BCUT2D eigenvalue weighted by Gasteiger charge is -2.17. The van der Waals surface area contributed by atoms with Gasteiger partial charge in [-0.15, -0.1) is 0 Å². The number of ketones is 2. The molecular weight excluding hydrogens is 158 g/mol. The fraction of sp³-hybridized carbons (Fsp3) is 0.667. The van der Waals surface area contributed by atoms with Crippen LogP contribution in [0.25, 0.3) is 0 Å². The molecule has 1 aliphatic rings. The second-order valence-electron chi connectivity index (χ2n) is 2.27. The lowest BCUT2D eigenvalue weighted by atomic mass is 9.94. The Bertz CT molecular complexity index is 170. The average molecular weight is 166 g/mol. The predicted molar refractivity (Wildman–Crippen MR) is 32.4 cm³/mol. The normalized spacial score (nSPS) is 22.7. The predicted octanol–water partition coefficient (Wildman–Crippen LogP) is 0.119. The van der Waals surface area contributed by atoms with Crippen molar-refractivity contribution in [3.8, 4) is 0 Å². The Balaban J connectivity index is 0.000001000. The summed E-state index contributed by atoms with van der Waals surface area (Å²) in [4.78, 5) is 20.7. The third kappa shape index (κ3) is 1.59. The van der Waals surface area contributed by atoms with E-state index >= 15 is 0 Å². The van der Waals surface area contributed by atoms with Crippen LogP contribution in [0.5, 0.6) is 0 Å². The molecule has 11 heavy (non-hydrogen) atoms. The molecule has 3 nitrogen and oxygen atoms in total. The fourth-order valence-corrected chi connectivity index (χ4v) is 0.879. The standard InChI is InChI=1S/C6H6F2O2.H2O/c7-6(8)4(9)2-1-3-5(6)10;/h1-3H2;1H2. The molecule has 0 spiro atoms. The van der Waals surface area contributed by atoms with E-state index in [0.29, 0.717) is 0 Å². The summed E-state index contributed by atoms with van der Waals surface area (Å²) < 4.78 is 24.6. The lowest BCUT2D eigenvalue weighted by molar-refractivity contribution is -0.159. The molecule has 0 heterocycles.